The van der Waals surface area contributed by atoms with Gasteiger partial charge in [0.15, 0.2) is 6.10 Å². The number of esters is 3. The van der Waals surface area contributed by atoms with Crippen molar-refractivity contribution in [2.24, 2.45) is 0 Å². The summed E-state index contributed by atoms with van der Waals surface area (Å²) in [4.78, 5) is 37.8. The Morgan fingerprint density at radius 3 is 1.10 bits per heavy atom. The summed E-state index contributed by atoms with van der Waals surface area (Å²) in [6.07, 6.45) is 57.9. The second kappa shape index (κ2) is 47.8. The molecule has 1 unspecified atom stereocenters. The van der Waals surface area contributed by atoms with Crippen LogP contribution in [0.3, 0.4) is 0 Å². The van der Waals surface area contributed by atoms with Gasteiger partial charge in [-0.05, 0) is 70.6 Å². The van der Waals surface area contributed by atoms with Crippen LogP contribution in [0.2, 0.25) is 0 Å². The first kappa shape index (κ1) is 56.1. The summed E-state index contributed by atoms with van der Waals surface area (Å²) in [6.45, 7) is 6.44. The first-order valence-electron chi connectivity index (χ1n) is 24.8. The van der Waals surface area contributed by atoms with Crippen LogP contribution in [0.1, 0.15) is 239 Å². The molecule has 340 valence electrons. The molecule has 0 radical (unpaired) electrons. The van der Waals surface area contributed by atoms with E-state index in [4.69, 9.17) is 14.2 Å². The van der Waals surface area contributed by atoms with Crippen molar-refractivity contribution >= 4 is 17.9 Å². The first-order chi connectivity index (χ1) is 29.0. The molecule has 0 aromatic carbocycles. The third-order valence-electron chi connectivity index (χ3n) is 10.5. The highest BCUT2D eigenvalue weighted by atomic mass is 16.6. The van der Waals surface area contributed by atoms with E-state index in [1.54, 1.807) is 0 Å². The number of rotatable bonds is 44. The summed E-state index contributed by atoms with van der Waals surface area (Å²) in [5.41, 5.74) is 0. The summed E-state index contributed by atoms with van der Waals surface area (Å²) < 4.78 is 16.7. The lowest BCUT2D eigenvalue weighted by molar-refractivity contribution is -0.166. The van der Waals surface area contributed by atoms with E-state index < -0.39 is 6.10 Å². The molecule has 0 aliphatic carbocycles. The Morgan fingerprint density at radius 2 is 0.695 bits per heavy atom. The van der Waals surface area contributed by atoms with Crippen LogP contribution in [0, 0.1) is 0 Å². The van der Waals surface area contributed by atoms with Gasteiger partial charge in [0.2, 0.25) is 0 Å². The van der Waals surface area contributed by atoms with Gasteiger partial charge in [-0.3, -0.25) is 14.4 Å². The summed E-state index contributed by atoms with van der Waals surface area (Å²) in [6, 6.07) is 0. The van der Waals surface area contributed by atoms with Crippen LogP contribution in [0.5, 0.6) is 0 Å². The molecule has 0 heterocycles. The average Bonchev–Trinajstić information content (AvgIpc) is 3.23. The van der Waals surface area contributed by atoms with Crippen LogP contribution >= 0.6 is 0 Å². The van der Waals surface area contributed by atoms with Crippen molar-refractivity contribution in [3.63, 3.8) is 0 Å². The predicted octanol–water partition coefficient (Wildman–Crippen LogP) is 16.1. The Hall–Kier alpha value is -2.89. The summed E-state index contributed by atoms with van der Waals surface area (Å²) >= 11 is 0. The van der Waals surface area contributed by atoms with Crippen LogP contribution in [0.25, 0.3) is 0 Å². The van der Waals surface area contributed by atoms with E-state index in [9.17, 15) is 14.4 Å². The average molecular weight is 825 g/mol. The van der Waals surface area contributed by atoms with Gasteiger partial charge in [-0.15, -0.1) is 0 Å². The van der Waals surface area contributed by atoms with E-state index >= 15 is 0 Å². The minimum atomic E-state index is -0.802. The zero-order chi connectivity index (χ0) is 43.0. The molecule has 6 heteroatoms. The molecule has 59 heavy (non-hydrogen) atoms. The Kier molecular flexibility index (Phi) is 45.4. The highest BCUT2D eigenvalue weighted by Gasteiger charge is 2.19. The van der Waals surface area contributed by atoms with E-state index in [1.807, 2.05) is 6.08 Å². The zero-order valence-electron chi connectivity index (χ0n) is 38.8. The molecule has 0 N–H and O–H groups in total. The Morgan fingerprint density at radius 1 is 0.356 bits per heavy atom. The smallest absolute Gasteiger partial charge is 0.306 e. The van der Waals surface area contributed by atoms with Gasteiger partial charge in [-0.25, -0.2) is 0 Å². The third kappa shape index (κ3) is 46.0. The zero-order valence-corrected chi connectivity index (χ0v) is 38.8. The molecule has 0 spiro atoms. The second-order valence-corrected chi connectivity index (χ2v) is 16.3. The third-order valence-corrected chi connectivity index (χ3v) is 10.5. The van der Waals surface area contributed by atoms with Crippen molar-refractivity contribution in [3.05, 3.63) is 60.8 Å². The molecular formula is C53H92O6. The van der Waals surface area contributed by atoms with E-state index in [0.29, 0.717) is 19.3 Å². The molecule has 0 amide bonds. The van der Waals surface area contributed by atoms with Gasteiger partial charge in [0, 0.05) is 19.3 Å². The van der Waals surface area contributed by atoms with Crippen molar-refractivity contribution in [1.82, 2.24) is 0 Å². The van der Waals surface area contributed by atoms with Crippen LogP contribution in [0.4, 0.5) is 0 Å². The molecule has 6 nitrogen and oxygen atoms in total. The molecule has 1 atom stereocenters. The van der Waals surface area contributed by atoms with Crippen molar-refractivity contribution in [1.29, 1.82) is 0 Å². The first-order valence-corrected chi connectivity index (χ1v) is 24.8. The molecule has 0 fully saturated rings. The van der Waals surface area contributed by atoms with E-state index in [2.05, 4.69) is 75.5 Å². The summed E-state index contributed by atoms with van der Waals surface area (Å²) in [5, 5.41) is 0. The summed E-state index contributed by atoms with van der Waals surface area (Å²) in [7, 11) is 0. The lowest BCUT2D eigenvalue weighted by atomic mass is 10.1. The Labute approximate surface area is 364 Å². The fourth-order valence-corrected chi connectivity index (χ4v) is 6.80. The van der Waals surface area contributed by atoms with Crippen molar-refractivity contribution < 1.29 is 28.6 Å². The van der Waals surface area contributed by atoms with Gasteiger partial charge in [0.1, 0.15) is 13.2 Å². The maximum absolute atomic E-state index is 12.7. The molecule has 0 rings (SSSR count). The SMILES string of the molecule is CC/C=C\C/C=C\C/C=C\CCCCCCCCCCCC(=O)OCC(COC(=O)CCCCCCCCCCC)OC(=O)CC/C=C\C/C=C\CCCCCCCC. The molecule has 0 aliphatic heterocycles. The highest BCUT2D eigenvalue weighted by molar-refractivity contribution is 5.71. The quantitative estimate of drug-likeness (QED) is 0.0263. The number of hydrogen-bond acceptors (Lipinski definition) is 6. The van der Waals surface area contributed by atoms with E-state index in [-0.39, 0.29) is 37.5 Å². The van der Waals surface area contributed by atoms with Gasteiger partial charge in [0.25, 0.3) is 0 Å². The minimum absolute atomic E-state index is 0.0970. The van der Waals surface area contributed by atoms with Crippen molar-refractivity contribution in [2.45, 2.75) is 245 Å². The van der Waals surface area contributed by atoms with Gasteiger partial charge in [-0.2, -0.15) is 0 Å². The van der Waals surface area contributed by atoms with Crippen LogP contribution < -0.4 is 0 Å². The topological polar surface area (TPSA) is 78.9 Å². The second-order valence-electron chi connectivity index (χ2n) is 16.3. The molecule has 0 aromatic heterocycles. The van der Waals surface area contributed by atoms with Crippen molar-refractivity contribution in [2.75, 3.05) is 13.2 Å². The van der Waals surface area contributed by atoms with Gasteiger partial charge in [0.05, 0.1) is 0 Å². The predicted molar refractivity (Wildman–Crippen MR) is 251 cm³/mol. The minimum Gasteiger partial charge on any atom is -0.462 e. The number of carbonyl (C=O) groups is 3. The Balaban J connectivity index is 4.36. The van der Waals surface area contributed by atoms with Gasteiger partial charge < -0.3 is 14.2 Å². The number of ether oxygens (including phenoxy) is 3. The number of carbonyl (C=O) groups excluding carboxylic acids is 3. The Bertz CT molecular complexity index is 1090. The molecular weight excluding hydrogens is 733 g/mol. The van der Waals surface area contributed by atoms with Crippen LogP contribution in [0.15, 0.2) is 60.8 Å². The lowest BCUT2D eigenvalue weighted by Gasteiger charge is -2.18. The van der Waals surface area contributed by atoms with Gasteiger partial charge in [-0.1, -0.05) is 210 Å². The number of hydrogen-bond donors (Lipinski definition) is 0. The molecule has 0 aliphatic rings. The van der Waals surface area contributed by atoms with E-state index in [1.165, 1.54) is 122 Å². The lowest BCUT2D eigenvalue weighted by Crippen LogP contribution is -2.30. The standard InChI is InChI=1S/C53H92O6/c1-4-7-10-13-16-19-21-23-24-25-26-27-28-30-31-34-37-40-43-46-52(55)58-49-50(48-57-51(54)45-42-39-36-33-18-15-12-9-6-3)59-53(56)47-44-41-38-35-32-29-22-20-17-14-11-8-5-2/h7,10,16,19,23-24,29,32,38,41,50H,4-6,8-9,11-15,17-18,20-22,25-28,30-31,33-37,39-40,42-49H2,1-3H3/b10-7-,19-16-,24-23-,32-29-,41-38-. The normalized spacial score (nSPS) is 12.5. The van der Waals surface area contributed by atoms with Crippen LogP contribution in [-0.4, -0.2) is 37.2 Å². The molecule has 0 bridgehead atoms. The molecule has 0 aromatic rings. The number of allylic oxidation sites excluding steroid dienone is 10. The largest absolute Gasteiger partial charge is 0.462 e. The maximum Gasteiger partial charge on any atom is 0.306 e. The number of unbranched alkanes of at least 4 members (excludes halogenated alkanes) is 23. The molecule has 0 saturated carbocycles. The van der Waals surface area contributed by atoms with Crippen molar-refractivity contribution in [3.8, 4) is 0 Å². The summed E-state index contributed by atoms with van der Waals surface area (Å²) in [5.74, 6) is -0.972. The molecule has 0 saturated heterocycles. The van der Waals surface area contributed by atoms with E-state index in [0.717, 1.165) is 70.6 Å². The monoisotopic (exact) mass is 825 g/mol. The fraction of sp³-hybridized carbons (Fsp3) is 0.755. The van der Waals surface area contributed by atoms with Gasteiger partial charge >= 0.3 is 17.9 Å². The fourth-order valence-electron chi connectivity index (χ4n) is 6.80. The van der Waals surface area contributed by atoms with Crippen LogP contribution in [-0.2, 0) is 28.6 Å². The highest BCUT2D eigenvalue weighted by Crippen LogP contribution is 2.14. The maximum atomic E-state index is 12.7.